The molecule has 9 heteroatoms. The number of hydrogen-bond donors (Lipinski definition) is 1. The summed E-state index contributed by atoms with van der Waals surface area (Å²) in [5, 5.41) is 2.67. The monoisotopic (exact) mass is 428 g/mol. The fourth-order valence-corrected chi connectivity index (χ4v) is 3.01. The Labute approximate surface area is 179 Å². The van der Waals surface area contributed by atoms with Crippen LogP contribution in [0.1, 0.15) is 10.4 Å². The second-order valence-electron chi connectivity index (χ2n) is 6.66. The van der Waals surface area contributed by atoms with Crippen LogP contribution in [0.15, 0.2) is 42.5 Å². The molecule has 31 heavy (non-hydrogen) atoms. The van der Waals surface area contributed by atoms with E-state index in [1.165, 1.54) is 25.2 Å². The lowest BCUT2D eigenvalue weighted by molar-refractivity contribution is -0.125. The number of ketones is 1. The summed E-state index contributed by atoms with van der Waals surface area (Å²) in [6.45, 7) is 0.117. The average molecular weight is 428 g/mol. The van der Waals surface area contributed by atoms with E-state index < -0.39 is 0 Å². The molecule has 0 bridgehead atoms. The van der Waals surface area contributed by atoms with Gasteiger partial charge in [0.05, 0.1) is 19.4 Å². The number of methoxy groups -OCH3 is 2. The van der Waals surface area contributed by atoms with Gasteiger partial charge in [-0.25, -0.2) is 0 Å². The average Bonchev–Trinajstić information content (AvgIpc) is 2.79. The highest BCUT2D eigenvalue weighted by atomic mass is 16.5. The number of carbonyl (C=O) groups excluding carboxylic acids is 3. The zero-order chi connectivity index (χ0) is 22.2. The standard InChI is InChI=1S/C22H24N2O7/c1-28-10-9-23-21(26)12-24-16-11-15(7-8-18(16)31-14-22(24)27)17(25)13-30-20-6-4-3-5-19(20)29-2/h3-8,11H,9-10,12-14H2,1-2H3,(H,23,26). The van der Waals surface area contributed by atoms with E-state index in [0.717, 1.165) is 0 Å². The number of rotatable bonds is 10. The number of fused-ring (bicyclic) bond motifs is 1. The maximum Gasteiger partial charge on any atom is 0.265 e. The predicted octanol–water partition coefficient (Wildman–Crippen LogP) is 1.44. The molecule has 2 aromatic rings. The summed E-state index contributed by atoms with van der Waals surface area (Å²) >= 11 is 0. The van der Waals surface area contributed by atoms with Gasteiger partial charge in [0.2, 0.25) is 5.91 Å². The molecule has 0 unspecified atom stereocenters. The van der Waals surface area contributed by atoms with Crippen molar-refractivity contribution in [2.45, 2.75) is 0 Å². The normalized spacial score (nSPS) is 12.6. The Morgan fingerprint density at radius 1 is 1.13 bits per heavy atom. The molecule has 2 aromatic carbocycles. The Kier molecular flexibility index (Phi) is 7.45. The van der Waals surface area contributed by atoms with Gasteiger partial charge >= 0.3 is 0 Å². The van der Waals surface area contributed by atoms with Crippen molar-refractivity contribution in [2.75, 3.05) is 52.0 Å². The van der Waals surface area contributed by atoms with Crippen molar-refractivity contribution in [3.63, 3.8) is 0 Å². The van der Waals surface area contributed by atoms with Crippen LogP contribution in [0.4, 0.5) is 5.69 Å². The first-order valence-electron chi connectivity index (χ1n) is 9.65. The van der Waals surface area contributed by atoms with E-state index in [1.807, 2.05) is 0 Å². The van der Waals surface area contributed by atoms with E-state index in [-0.39, 0.29) is 37.4 Å². The smallest absolute Gasteiger partial charge is 0.265 e. The molecule has 2 amide bonds. The van der Waals surface area contributed by atoms with E-state index in [9.17, 15) is 14.4 Å². The first-order valence-corrected chi connectivity index (χ1v) is 9.65. The van der Waals surface area contributed by atoms with Crippen LogP contribution in [-0.2, 0) is 14.3 Å². The van der Waals surface area contributed by atoms with E-state index in [2.05, 4.69) is 5.32 Å². The van der Waals surface area contributed by atoms with Crippen LogP contribution in [0.3, 0.4) is 0 Å². The summed E-state index contributed by atoms with van der Waals surface area (Å²) in [6, 6.07) is 11.7. The van der Waals surface area contributed by atoms with Gasteiger partial charge in [0.1, 0.15) is 12.3 Å². The molecule has 1 heterocycles. The van der Waals surface area contributed by atoms with Gasteiger partial charge in [0.15, 0.2) is 30.5 Å². The quantitative estimate of drug-likeness (QED) is 0.451. The minimum Gasteiger partial charge on any atom is -0.493 e. The minimum absolute atomic E-state index is 0.178. The molecule has 0 saturated carbocycles. The number of benzene rings is 2. The molecular formula is C22H24N2O7. The molecule has 1 N–H and O–H groups in total. The number of nitrogens with one attached hydrogen (secondary N) is 1. The summed E-state index contributed by atoms with van der Waals surface area (Å²) in [4.78, 5) is 38.5. The van der Waals surface area contributed by atoms with Gasteiger partial charge in [-0.05, 0) is 30.3 Å². The summed E-state index contributed by atoms with van der Waals surface area (Å²) in [6.07, 6.45) is 0. The zero-order valence-corrected chi connectivity index (χ0v) is 17.4. The Morgan fingerprint density at radius 2 is 1.90 bits per heavy atom. The largest absolute Gasteiger partial charge is 0.493 e. The molecule has 1 aliphatic heterocycles. The maximum absolute atomic E-state index is 12.7. The highest BCUT2D eigenvalue weighted by Crippen LogP contribution is 2.33. The SMILES string of the molecule is COCCNC(=O)CN1C(=O)COc2ccc(C(=O)COc3ccccc3OC)cc21. The Bertz CT molecular complexity index is 961. The number of ether oxygens (including phenoxy) is 4. The van der Waals surface area contributed by atoms with Gasteiger partial charge in [-0.2, -0.15) is 0 Å². The number of anilines is 1. The second kappa shape index (κ2) is 10.4. The van der Waals surface area contributed by atoms with Crippen molar-refractivity contribution < 1.29 is 33.3 Å². The first kappa shape index (κ1) is 22.1. The molecule has 9 nitrogen and oxygen atoms in total. The van der Waals surface area contributed by atoms with Gasteiger partial charge in [-0.3, -0.25) is 19.3 Å². The molecule has 0 fully saturated rings. The number of para-hydroxylation sites is 2. The summed E-state index contributed by atoms with van der Waals surface area (Å²) in [5.74, 6) is 0.385. The number of nitrogens with zero attached hydrogens (tertiary/aromatic N) is 1. The fraction of sp³-hybridized carbons (Fsp3) is 0.318. The van der Waals surface area contributed by atoms with Crippen molar-refractivity contribution in [3.8, 4) is 17.2 Å². The third-order valence-electron chi connectivity index (χ3n) is 4.58. The predicted molar refractivity (Wildman–Crippen MR) is 112 cm³/mol. The molecule has 0 aliphatic carbocycles. The van der Waals surface area contributed by atoms with Crippen LogP contribution < -0.4 is 24.4 Å². The molecule has 3 rings (SSSR count). The van der Waals surface area contributed by atoms with Crippen LogP contribution in [0, 0.1) is 0 Å². The van der Waals surface area contributed by atoms with Gasteiger partial charge in [0.25, 0.3) is 5.91 Å². The summed E-state index contributed by atoms with van der Waals surface area (Å²) in [5.41, 5.74) is 0.693. The minimum atomic E-state index is -0.371. The molecule has 1 aliphatic rings. The lowest BCUT2D eigenvalue weighted by Gasteiger charge is -2.29. The van der Waals surface area contributed by atoms with E-state index in [1.54, 1.807) is 36.4 Å². The van der Waals surface area contributed by atoms with E-state index in [0.29, 0.717) is 41.7 Å². The van der Waals surface area contributed by atoms with Crippen molar-refractivity contribution in [1.29, 1.82) is 0 Å². The lowest BCUT2D eigenvalue weighted by atomic mass is 10.1. The van der Waals surface area contributed by atoms with Crippen LogP contribution >= 0.6 is 0 Å². The Morgan fingerprint density at radius 3 is 2.65 bits per heavy atom. The van der Waals surface area contributed by atoms with Gasteiger partial charge in [-0.15, -0.1) is 0 Å². The van der Waals surface area contributed by atoms with Crippen molar-refractivity contribution in [1.82, 2.24) is 5.32 Å². The Hall–Kier alpha value is -3.59. The van der Waals surface area contributed by atoms with Gasteiger partial charge < -0.3 is 24.3 Å². The molecular weight excluding hydrogens is 404 g/mol. The van der Waals surface area contributed by atoms with Crippen molar-refractivity contribution >= 4 is 23.3 Å². The number of hydrogen-bond acceptors (Lipinski definition) is 7. The van der Waals surface area contributed by atoms with Gasteiger partial charge in [0, 0.05) is 19.2 Å². The fourth-order valence-electron chi connectivity index (χ4n) is 3.01. The van der Waals surface area contributed by atoms with Gasteiger partial charge in [-0.1, -0.05) is 12.1 Å². The third kappa shape index (κ3) is 5.52. The molecule has 0 spiro atoms. The zero-order valence-electron chi connectivity index (χ0n) is 17.4. The number of carbonyl (C=O) groups is 3. The maximum atomic E-state index is 12.7. The van der Waals surface area contributed by atoms with Crippen LogP contribution in [0.2, 0.25) is 0 Å². The van der Waals surface area contributed by atoms with Crippen molar-refractivity contribution in [3.05, 3.63) is 48.0 Å². The van der Waals surface area contributed by atoms with E-state index in [4.69, 9.17) is 18.9 Å². The summed E-state index contributed by atoms with van der Waals surface area (Å²) < 4.78 is 21.1. The third-order valence-corrected chi connectivity index (χ3v) is 4.58. The molecule has 0 aromatic heterocycles. The summed E-state index contributed by atoms with van der Waals surface area (Å²) in [7, 11) is 3.05. The van der Waals surface area contributed by atoms with Crippen LogP contribution in [0.25, 0.3) is 0 Å². The topological polar surface area (TPSA) is 103 Å². The second-order valence-corrected chi connectivity index (χ2v) is 6.66. The van der Waals surface area contributed by atoms with Crippen LogP contribution in [0.5, 0.6) is 17.2 Å². The van der Waals surface area contributed by atoms with E-state index >= 15 is 0 Å². The number of Topliss-reactive ketones (excluding diaryl/α,β-unsaturated/α-hetero) is 1. The highest BCUT2D eigenvalue weighted by molar-refractivity contribution is 6.04. The highest BCUT2D eigenvalue weighted by Gasteiger charge is 2.28. The molecule has 0 saturated heterocycles. The Balaban J connectivity index is 1.72. The van der Waals surface area contributed by atoms with Crippen molar-refractivity contribution in [2.24, 2.45) is 0 Å². The molecule has 164 valence electrons. The first-order chi connectivity index (χ1) is 15.0. The molecule has 0 radical (unpaired) electrons. The number of amides is 2. The molecule has 0 atom stereocenters. The lowest BCUT2D eigenvalue weighted by Crippen LogP contribution is -2.45. The van der Waals surface area contributed by atoms with Crippen LogP contribution in [-0.4, -0.2) is 64.7 Å².